The summed E-state index contributed by atoms with van der Waals surface area (Å²) in [4.78, 5) is 4.43. The van der Waals surface area contributed by atoms with E-state index in [4.69, 9.17) is 27.9 Å². The van der Waals surface area contributed by atoms with Crippen molar-refractivity contribution in [1.82, 2.24) is 20.0 Å². The lowest BCUT2D eigenvalue weighted by atomic mass is 9.96. The van der Waals surface area contributed by atoms with Gasteiger partial charge in [0.15, 0.2) is 0 Å². The summed E-state index contributed by atoms with van der Waals surface area (Å²) in [7, 11) is 0. The van der Waals surface area contributed by atoms with Gasteiger partial charge in [0.05, 0.1) is 55.1 Å². The number of ether oxygens (including phenoxy) is 1. The molecular formula is C28H29Cl2N7O2. The summed E-state index contributed by atoms with van der Waals surface area (Å²) in [5.74, 6) is 0. The van der Waals surface area contributed by atoms with E-state index >= 15 is 0 Å². The van der Waals surface area contributed by atoms with Crippen molar-refractivity contribution in [2.24, 2.45) is 5.41 Å². The van der Waals surface area contributed by atoms with Crippen molar-refractivity contribution in [1.29, 1.82) is 5.26 Å². The van der Waals surface area contributed by atoms with Gasteiger partial charge in [0.25, 0.3) is 0 Å². The van der Waals surface area contributed by atoms with Crippen molar-refractivity contribution in [3.63, 3.8) is 0 Å². The van der Waals surface area contributed by atoms with Crippen LogP contribution in [0.3, 0.4) is 0 Å². The fourth-order valence-corrected chi connectivity index (χ4v) is 4.76. The van der Waals surface area contributed by atoms with Gasteiger partial charge < -0.3 is 20.5 Å². The first-order chi connectivity index (χ1) is 18.9. The Labute approximate surface area is 238 Å². The summed E-state index contributed by atoms with van der Waals surface area (Å²) < 4.78 is 16.3. The van der Waals surface area contributed by atoms with Gasteiger partial charge in [-0.2, -0.15) is 5.26 Å². The maximum atomic E-state index is 10.5. The molecule has 0 aliphatic carbocycles. The molecule has 11 heteroatoms. The average Bonchev–Trinajstić information content (AvgIpc) is 3.35. The minimum absolute atomic E-state index is 0.0487. The molecule has 3 heterocycles. The molecule has 0 saturated carbocycles. The van der Waals surface area contributed by atoms with E-state index in [9.17, 15) is 11.7 Å². The first-order valence-corrected chi connectivity index (χ1v) is 13.2. The fourth-order valence-electron chi connectivity index (χ4n) is 4.26. The average molecular weight is 567 g/mol. The quantitative estimate of drug-likeness (QED) is 0.258. The van der Waals surface area contributed by atoms with Crippen LogP contribution in [0.5, 0.6) is 0 Å². The molecular weight excluding hydrogens is 537 g/mol. The molecule has 39 heavy (non-hydrogen) atoms. The van der Waals surface area contributed by atoms with Crippen LogP contribution in [0.15, 0.2) is 48.8 Å². The highest BCUT2D eigenvalue weighted by molar-refractivity contribution is 6.36. The number of nitrogens with zero attached hydrogens (tertiary/aromatic N) is 5. The molecule has 1 atom stereocenters. The molecule has 202 valence electrons. The third-order valence-corrected chi connectivity index (χ3v) is 6.86. The van der Waals surface area contributed by atoms with Gasteiger partial charge in [0.1, 0.15) is 17.4 Å². The lowest BCUT2D eigenvalue weighted by Crippen LogP contribution is -2.52. The number of nitriles is 1. The molecule has 0 unspecified atom stereocenters. The molecule has 0 radical (unpaired) electrons. The Morgan fingerprint density at radius 2 is 2.03 bits per heavy atom. The van der Waals surface area contributed by atoms with Gasteiger partial charge in [-0.05, 0) is 29.2 Å². The minimum atomic E-state index is -1.69. The number of halogens is 2. The van der Waals surface area contributed by atoms with Crippen molar-refractivity contribution in [3.8, 4) is 6.07 Å². The zero-order chi connectivity index (χ0) is 28.7. The molecule has 5 rings (SSSR count). The highest BCUT2D eigenvalue weighted by atomic mass is 35.5. The third-order valence-electron chi connectivity index (χ3n) is 6.25. The van der Waals surface area contributed by atoms with E-state index in [0.717, 1.165) is 0 Å². The van der Waals surface area contributed by atoms with Crippen molar-refractivity contribution in [2.45, 2.75) is 38.9 Å². The molecule has 3 N–H and O–H groups in total. The summed E-state index contributed by atoms with van der Waals surface area (Å²) in [6.45, 7) is 7.48. The first kappa shape index (κ1) is 25.8. The molecule has 0 spiro atoms. The van der Waals surface area contributed by atoms with E-state index in [0.29, 0.717) is 50.0 Å². The SMILES string of the molecule is [2H][C@](Nc1cc(Cl)c2ncc(C#N)c(NCC(C)(C)C)c2c1)(c1cn(CC2(O)COC2)nn1)c1ccccc1Cl. The normalized spacial score (nSPS) is 16.6. The molecule has 2 aromatic carbocycles. The van der Waals surface area contributed by atoms with Crippen LogP contribution in [-0.2, 0) is 11.3 Å². The van der Waals surface area contributed by atoms with Crippen molar-refractivity contribution < 1.29 is 11.2 Å². The zero-order valence-corrected chi connectivity index (χ0v) is 23.3. The van der Waals surface area contributed by atoms with Gasteiger partial charge in [0.2, 0.25) is 0 Å². The van der Waals surface area contributed by atoms with E-state index in [-0.39, 0.29) is 30.9 Å². The van der Waals surface area contributed by atoms with E-state index in [1.807, 2.05) is 0 Å². The van der Waals surface area contributed by atoms with Gasteiger partial charge in [-0.15, -0.1) is 5.10 Å². The van der Waals surface area contributed by atoms with Crippen molar-refractivity contribution in [2.75, 3.05) is 30.4 Å². The lowest BCUT2D eigenvalue weighted by molar-refractivity contribution is -0.186. The zero-order valence-electron chi connectivity index (χ0n) is 22.8. The van der Waals surface area contributed by atoms with Gasteiger partial charge in [-0.3, -0.25) is 4.98 Å². The highest BCUT2D eigenvalue weighted by Gasteiger charge is 2.37. The number of hydrogen-bond donors (Lipinski definition) is 3. The van der Waals surface area contributed by atoms with Gasteiger partial charge in [-0.1, -0.05) is 67.4 Å². The predicted molar refractivity (Wildman–Crippen MR) is 152 cm³/mol. The van der Waals surface area contributed by atoms with Crippen LogP contribution in [0.25, 0.3) is 10.9 Å². The Hall–Kier alpha value is -3.42. The smallest absolute Gasteiger partial charge is 0.131 e. The lowest BCUT2D eigenvalue weighted by Gasteiger charge is -2.35. The summed E-state index contributed by atoms with van der Waals surface area (Å²) in [6.07, 6.45) is 3.11. The van der Waals surface area contributed by atoms with Crippen LogP contribution in [0.4, 0.5) is 11.4 Å². The molecule has 0 bridgehead atoms. The minimum Gasteiger partial charge on any atom is -0.383 e. The van der Waals surface area contributed by atoms with Crippen LogP contribution in [-0.4, -0.2) is 50.4 Å². The van der Waals surface area contributed by atoms with Gasteiger partial charge in [-0.25, -0.2) is 4.68 Å². The third kappa shape index (κ3) is 5.94. The van der Waals surface area contributed by atoms with E-state index in [2.05, 4.69) is 52.8 Å². The molecule has 0 amide bonds. The summed E-state index contributed by atoms with van der Waals surface area (Å²) in [6, 6.07) is 11.0. The second-order valence-corrected chi connectivity index (χ2v) is 11.7. The molecule has 1 aliphatic heterocycles. The molecule has 1 aliphatic rings. The molecule has 9 nitrogen and oxygen atoms in total. The van der Waals surface area contributed by atoms with E-state index < -0.39 is 11.6 Å². The Morgan fingerprint density at radius 1 is 1.26 bits per heavy atom. The first-order valence-electron chi connectivity index (χ1n) is 12.9. The highest BCUT2D eigenvalue weighted by Crippen LogP contribution is 2.37. The Morgan fingerprint density at radius 3 is 2.69 bits per heavy atom. The largest absolute Gasteiger partial charge is 0.383 e. The maximum Gasteiger partial charge on any atom is 0.131 e. The van der Waals surface area contributed by atoms with Crippen molar-refractivity contribution in [3.05, 3.63) is 75.7 Å². The number of rotatable bonds is 8. The monoisotopic (exact) mass is 566 g/mol. The Kier molecular flexibility index (Phi) is 7.04. The summed E-state index contributed by atoms with van der Waals surface area (Å²) >= 11 is 13.3. The number of pyridine rings is 1. The number of aromatic nitrogens is 4. The summed E-state index contributed by atoms with van der Waals surface area (Å²) in [5, 5.41) is 36.8. The van der Waals surface area contributed by atoms with Crippen LogP contribution in [0.1, 0.15) is 45.0 Å². The number of aliphatic hydroxyl groups is 1. The second-order valence-electron chi connectivity index (χ2n) is 10.9. The number of anilines is 2. The summed E-state index contributed by atoms with van der Waals surface area (Å²) in [5.41, 5.74) is 1.64. The molecule has 4 aromatic rings. The number of fused-ring (bicyclic) bond motifs is 1. The van der Waals surface area contributed by atoms with Crippen LogP contribution < -0.4 is 10.6 Å². The molecule has 1 saturated heterocycles. The van der Waals surface area contributed by atoms with Crippen LogP contribution in [0.2, 0.25) is 10.0 Å². The molecule has 1 fully saturated rings. The predicted octanol–water partition coefficient (Wildman–Crippen LogP) is 5.43. The number of benzene rings is 2. The van der Waals surface area contributed by atoms with E-state index in [1.165, 1.54) is 10.9 Å². The Bertz CT molecular complexity index is 1610. The molecule has 2 aromatic heterocycles. The number of nitrogens with one attached hydrogen (secondary N) is 2. The second kappa shape index (κ2) is 10.6. The van der Waals surface area contributed by atoms with E-state index in [1.54, 1.807) is 42.6 Å². The van der Waals surface area contributed by atoms with Gasteiger partial charge in [0, 0.05) is 28.8 Å². The van der Waals surface area contributed by atoms with Crippen LogP contribution in [0, 0.1) is 16.7 Å². The van der Waals surface area contributed by atoms with Crippen LogP contribution >= 0.6 is 23.2 Å². The topological polar surface area (TPSA) is 121 Å². The van der Waals surface area contributed by atoms with Crippen molar-refractivity contribution >= 4 is 45.5 Å². The Balaban J connectivity index is 1.60. The fraction of sp³-hybridized carbons (Fsp3) is 0.357. The van der Waals surface area contributed by atoms with Gasteiger partial charge >= 0.3 is 0 Å². The number of hydrogen-bond acceptors (Lipinski definition) is 8. The standard InChI is InChI=1S/C28H29Cl2N7O2/c1-27(2,3)13-33-24-17(10-31)11-32-25-20(24)8-18(9-22(25)30)34-26(19-6-4-5-7-21(19)29)23-12-37(36-35-23)14-28(38)15-39-16-28/h4-9,11-12,26,34,38H,13-16H2,1-3H3,(H,32,33)/t26-/m1/s1/i26D. The maximum absolute atomic E-state index is 10.5.